The number of methoxy groups -OCH3 is 1. The number of alkyl halides is 3. The van der Waals surface area contributed by atoms with Crippen molar-refractivity contribution in [3.8, 4) is 11.8 Å². The zero-order chi connectivity index (χ0) is 17.7. The number of nitrogens with zero attached hydrogens (tertiary/aromatic N) is 1. The number of hydrogen-bond donors (Lipinski definition) is 0. The molecule has 24 heavy (non-hydrogen) atoms. The molecule has 0 radical (unpaired) electrons. The van der Waals surface area contributed by atoms with E-state index in [2.05, 4.69) is 0 Å². The van der Waals surface area contributed by atoms with Gasteiger partial charge >= 0.3 is 6.18 Å². The van der Waals surface area contributed by atoms with E-state index >= 15 is 0 Å². The molecule has 0 aliphatic heterocycles. The van der Waals surface area contributed by atoms with E-state index in [0.717, 1.165) is 12.1 Å². The summed E-state index contributed by atoms with van der Waals surface area (Å²) in [5.41, 5.74) is -0.384. The van der Waals surface area contributed by atoms with Crippen LogP contribution in [0.25, 0.3) is 6.08 Å². The maximum absolute atomic E-state index is 12.5. The molecule has 0 aliphatic rings. The summed E-state index contributed by atoms with van der Waals surface area (Å²) in [7, 11) is 1.45. The van der Waals surface area contributed by atoms with Crippen molar-refractivity contribution < 1.29 is 22.7 Å². The van der Waals surface area contributed by atoms with Crippen molar-refractivity contribution in [2.24, 2.45) is 0 Å². The molecule has 0 spiro atoms. The minimum absolute atomic E-state index is 0.178. The lowest BCUT2D eigenvalue weighted by Crippen LogP contribution is -2.04. The van der Waals surface area contributed by atoms with E-state index in [1.54, 1.807) is 18.2 Å². The summed E-state index contributed by atoms with van der Waals surface area (Å²) >= 11 is 0. The molecule has 0 N–H and O–H groups in total. The van der Waals surface area contributed by atoms with Gasteiger partial charge in [-0.3, -0.25) is 4.79 Å². The van der Waals surface area contributed by atoms with Gasteiger partial charge in [0.2, 0.25) is 5.78 Å². The molecule has 0 heterocycles. The predicted molar refractivity (Wildman–Crippen MR) is 82.4 cm³/mol. The van der Waals surface area contributed by atoms with E-state index in [-0.39, 0.29) is 11.1 Å². The van der Waals surface area contributed by atoms with E-state index in [1.165, 1.54) is 37.5 Å². The Hall–Kier alpha value is -3.07. The minimum Gasteiger partial charge on any atom is -0.497 e. The van der Waals surface area contributed by atoms with E-state index in [1.807, 2.05) is 0 Å². The number of carbonyl (C=O) groups excluding carboxylic acids is 1. The Labute approximate surface area is 136 Å². The summed E-state index contributed by atoms with van der Waals surface area (Å²) in [5.74, 6) is -0.0658. The number of hydrogen-bond acceptors (Lipinski definition) is 3. The second-order valence-corrected chi connectivity index (χ2v) is 4.85. The largest absolute Gasteiger partial charge is 0.497 e. The highest BCUT2D eigenvalue weighted by atomic mass is 19.4. The van der Waals surface area contributed by atoms with Gasteiger partial charge in [-0.05, 0) is 35.9 Å². The lowest BCUT2D eigenvalue weighted by molar-refractivity contribution is -0.137. The normalized spacial score (nSPS) is 11.7. The zero-order valence-corrected chi connectivity index (χ0v) is 12.6. The molecule has 0 aliphatic carbocycles. The molecule has 122 valence electrons. The van der Waals surface area contributed by atoms with E-state index in [4.69, 9.17) is 4.74 Å². The summed E-state index contributed by atoms with van der Waals surface area (Å²) < 4.78 is 42.6. The van der Waals surface area contributed by atoms with Crippen LogP contribution in [0.4, 0.5) is 13.2 Å². The third-order valence-corrected chi connectivity index (χ3v) is 3.25. The fraction of sp³-hybridized carbons (Fsp3) is 0.111. The van der Waals surface area contributed by atoms with Crippen LogP contribution in [-0.4, -0.2) is 12.9 Å². The molecule has 0 saturated carbocycles. The van der Waals surface area contributed by atoms with Gasteiger partial charge in [-0.15, -0.1) is 0 Å². The van der Waals surface area contributed by atoms with Crippen LogP contribution in [0.15, 0.2) is 54.1 Å². The number of Topliss-reactive ketones (excluding diaryl/α,β-unsaturated/α-hetero) is 1. The highest BCUT2D eigenvalue weighted by Gasteiger charge is 2.29. The maximum atomic E-state index is 12.5. The molecule has 0 unspecified atom stereocenters. The number of ketones is 1. The molecule has 0 saturated heterocycles. The molecule has 0 bridgehead atoms. The number of ether oxygens (including phenoxy) is 1. The van der Waals surface area contributed by atoms with Crippen molar-refractivity contribution in [1.29, 1.82) is 5.26 Å². The van der Waals surface area contributed by atoms with Crippen molar-refractivity contribution in [1.82, 2.24) is 0 Å². The van der Waals surface area contributed by atoms with Crippen LogP contribution in [0.3, 0.4) is 0 Å². The predicted octanol–water partition coefficient (Wildman–Crippen LogP) is 4.50. The molecule has 2 aromatic carbocycles. The van der Waals surface area contributed by atoms with Gasteiger partial charge < -0.3 is 4.74 Å². The lowest BCUT2D eigenvalue weighted by atomic mass is 10.0. The first kappa shape index (κ1) is 17.3. The standard InChI is InChI=1S/C18H12F3NO2/c1-24-16-4-2-3-13(10-16)17(23)14(11-22)9-12-5-7-15(8-6-12)18(19,20)21/h2-10H,1H3. The number of nitriles is 1. The summed E-state index contributed by atoms with van der Waals surface area (Å²) in [5, 5.41) is 9.18. The van der Waals surface area contributed by atoms with Gasteiger partial charge in [0.25, 0.3) is 0 Å². The Bertz CT molecular complexity index is 815. The first-order valence-corrected chi connectivity index (χ1v) is 6.83. The summed E-state index contributed by atoms with van der Waals surface area (Å²) in [6.07, 6.45) is -3.18. The van der Waals surface area contributed by atoms with Crippen molar-refractivity contribution >= 4 is 11.9 Å². The maximum Gasteiger partial charge on any atom is 0.416 e. The zero-order valence-electron chi connectivity index (χ0n) is 12.6. The molecule has 0 aromatic heterocycles. The van der Waals surface area contributed by atoms with Crippen LogP contribution in [-0.2, 0) is 6.18 Å². The fourth-order valence-corrected chi connectivity index (χ4v) is 2.00. The van der Waals surface area contributed by atoms with Crippen LogP contribution in [0, 0.1) is 11.3 Å². The second-order valence-electron chi connectivity index (χ2n) is 4.85. The van der Waals surface area contributed by atoms with Crippen molar-refractivity contribution in [2.45, 2.75) is 6.18 Å². The number of benzene rings is 2. The van der Waals surface area contributed by atoms with Crippen molar-refractivity contribution in [3.63, 3.8) is 0 Å². The van der Waals surface area contributed by atoms with E-state index < -0.39 is 17.5 Å². The average molecular weight is 331 g/mol. The van der Waals surface area contributed by atoms with E-state index in [9.17, 15) is 23.2 Å². The van der Waals surface area contributed by atoms with Gasteiger partial charge in [0.1, 0.15) is 17.4 Å². The molecule has 3 nitrogen and oxygen atoms in total. The Morgan fingerprint density at radius 3 is 2.38 bits per heavy atom. The molecular formula is C18H12F3NO2. The van der Waals surface area contributed by atoms with Crippen LogP contribution in [0.1, 0.15) is 21.5 Å². The smallest absolute Gasteiger partial charge is 0.416 e. The lowest BCUT2D eigenvalue weighted by Gasteiger charge is -2.06. The van der Waals surface area contributed by atoms with Gasteiger partial charge in [0.15, 0.2) is 0 Å². The SMILES string of the molecule is COc1cccc(C(=O)C(C#N)=Cc2ccc(C(F)(F)F)cc2)c1. The van der Waals surface area contributed by atoms with Crippen LogP contribution in [0.5, 0.6) is 5.75 Å². The second kappa shape index (κ2) is 7.01. The Morgan fingerprint density at radius 2 is 1.83 bits per heavy atom. The fourth-order valence-electron chi connectivity index (χ4n) is 2.00. The summed E-state index contributed by atoms with van der Waals surface area (Å²) in [6, 6.07) is 12.3. The number of carbonyl (C=O) groups is 1. The van der Waals surface area contributed by atoms with Crippen LogP contribution in [0.2, 0.25) is 0 Å². The van der Waals surface area contributed by atoms with Crippen LogP contribution < -0.4 is 4.74 Å². The number of halogens is 3. The first-order chi connectivity index (χ1) is 11.3. The molecule has 6 heteroatoms. The van der Waals surface area contributed by atoms with Gasteiger partial charge in [-0.2, -0.15) is 18.4 Å². The van der Waals surface area contributed by atoms with Gasteiger partial charge in [-0.25, -0.2) is 0 Å². The highest BCUT2D eigenvalue weighted by molar-refractivity contribution is 6.14. The summed E-state index contributed by atoms with van der Waals surface area (Å²) in [4.78, 5) is 12.3. The first-order valence-electron chi connectivity index (χ1n) is 6.83. The van der Waals surface area contributed by atoms with Gasteiger partial charge in [0, 0.05) is 5.56 Å². The van der Waals surface area contributed by atoms with Gasteiger partial charge in [-0.1, -0.05) is 24.3 Å². The Balaban J connectivity index is 2.32. The van der Waals surface area contributed by atoms with Crippen molar-refractivity contribution in [2.75, 3.05) is 7.11 Å². The number of rotatable bonds is 4. The molecule has 0 fully saturated rings. The molecule has 2 rings (SSSR count). The third-order valence-electron chi connectivity index (χ3n) is 3.25. The molecule has 2 aromatic rings. The topological polar surface area (TPSA) is 50.1 Å². The van der Waals surface area contributed by atoms with Gasteiger partial charge in [0.05, 0.1) is 12.7 Å². The van der Waals surface area contributed by atoms with E-state index in [0.29, 0.717) is 11.3 Å². The highest BCUT2D eigenvalue weighted by Crippen LogP contribution is 2.29. The molecule has 0 amide bonds. The quantitative estimate of drug-likeness (QED) is 0.471. The summed E-state index contributed by atoms with van der Waals surface area (Å²) in [6.45, 7) is 0. The average Bonchev–Trinajstić information content (AvgIpc) is 2.58. The molecular weight excluding hydrogens is 319 g/mol. The molecule has 0 atom stereocenters. The monoisotopic (exact) mass is 331 g/mol. The Morgan fingerprint density at radius 1 is 1.17 bits per heavy atom. The third kappa shape index (κ3) is 4.02. The minimum atomic E-state index is -4.43. The number of allylic oxidation sites excluding steroid dienone is 1. The van der Waals surface area contributed by atoms with Crippen LogP contribution >= 0.6 is 0 Å². The van der Waals surface area contributed by atoms with Crippen molar-refractivity contribution in [3.05, 3.63) is 70.8 Å². The Kier molecular flexibility index (Phi) is 5.05.